The Morgan fingerprint density at radius 2 is 1.64 bits per heavy atom. The molecule has 16 heteroatoms. The van der Waals surface area contributed by atoms with Crippen molar-refractivity contribution >= 4 is 46.8 Å². The number of nitrogens with zero attached hydrogens (tertiary/aromatic N) is 5. The molecule has 3 atom stereocenters. The van der Waals surface area contributed by atoms with E-state index in [4.69, 9.17) is 14.2 Å². The van der Waals surface area contributed by atoms with Crippen LogP contribution in [0.25, 0.3) is 10.6 Å². The standard InChI is InChI=1S/C26H27F2N5O8S/c1-11-8-31-20-16(6-17(18(27)19(20)28)22-30-29-13(3)42-22)7-26(21(31)12(2)41-11)23(36)32(9-39-14(4)34)25(38)33(24(26)37)10-40-15(5)35/h6,11-12,21H,7-10H2,1-5H3/t11-,12+,21-/m1/s1. The second-order valence-corrected chi connectivity index (χ2v) is 11.5. The number of hydrogen-bond acceptors (Lipinski definition) is 12. The van der Waals surface area contributed by atoms with Gasteiger partial charge in [0.2, 0.25) is 0 Å². The van der Waals surface area contributed by atoms with Gasteiger partial charge in [0.15, 0.2) is 35.5 Å². The highest BCUT2D eigenvalue weighted by atomic mass is 32.1. The first-order valence-electron chi connectivity index (χ1n) is 13.0. The molecule has 0 radical (unpaired) electrons. The van der Waals surface area contributed by atoms with Crippen LogP contribution in [0.5, 0.6) is 0 Å². The van der Waals surface area contributed by atoms with Crippen molar-refractivity contribution in [2.24, 2.45) is 5.41 Å². The van der Waals surface area contributed by atoms with Gasteiger partial charge in [-0.3, -0.25) is 19.2 Å². The number of ether oxygens (including phenoxy) is 3. The molecule has 2 aromatic rings. The summed E-state index contributed by atoms with van der Waals surface area (Å²) in [5, 5.41) is 8.41. The van der Waals surface area contributed by atoms with Gasteiger partial charge >= 0.3 is 18.0 Å². The molecule has 3 aliphatic rings. The van der Waals surface area contributed by atoms with E-state index in [-0.39, 0.29) is 28.4 Å². The van der Waals surface area contributed by atoms with E-state index >= 15 is 8.78 Å². The van der Waals surface area contributed by atoms with Crippen LogP contribution in [-0.2, 0) is 39.8 Å². The van der Waals surface area contributed by atoms with Crippen LogP contribution < -0.4 is 4.90 Å². The maximum absolute atomic E-state index is 16.0. The van der Waals surface area contributed by atoms with Gasteiger partial charge in [0.1, 0.15) is 5.01 Å². The van der Waals surface area contributed by atoms with Crippen LogP contribution in [0.1, 0.15) is 38.3 Å². The molecule has 1 spiro atoms. The maximum atomic E-state index is 16.0. The minimum atomic E-state index is -2.15. The molecule has 0 saturated carbocycles. The lowest BCUT2D eigenvalue weighted by Crippen LogP contribution is -2.76. The van der Waals surface area contributed by atoms with Crippen molar-refractivity contribution < 1.29 is 47.0 Å². The zero-order chi connectivity index (χ0) is 30.7. The van der Waals surface area contributed by atoms with E-state index in [1.807, 2.05) is 0 Å². The molecule has 0 unspecified atom stereocenters. The van der Waals surface area contributed by atoms with Crippen molar-refractivity contribution in [1.82, 2.24) is 20.0 Å². The van der Waals surface area contributed by atoms with Gasteiger partial charge in [0, 0.05) is 26.8 Å². The van der Waals surface area contributed by atoms with Gasteiger partial charge in [-0.15, -0.1) is 10.2 Å². The Morgan fingerprint density at radius 3 is 2.17 bits per heavy atom. The number of benzene rings is 1. The van der Waals surface area contributed by atoms with Crippen LogP contribution in [0.2, 0.25) is 0 Å². The maximum Gasteiger partial charge on any atom is 0.339 e. The zero-order valence-corrected chi connectivity index (χ0v) is 24.1. The fraction of sp³-hybridized carbons (Fsp3) is 0.500. The van der Waals surface area contributed by atoms with Gasteiger partial charge in [0.05, 0.1) is 29.5 Å². The van der Waals surface area contributed by atoms with Crippen molar-refractivity contribution in [3.8, 4) is 10.6 Å². The number of anilines is 1. The molecule has 13 nitrogen and oxygen atoms in total. The number of aryl methyl sites for hydroxylation is 1. The van der Waals surface area contributed by atoms with Crippen LogP contribution in [0.3, 0.4) is 0 Å². The summed E-state index contributed by atoms with van der Waals surface area (Å²) in [4.78, 5) is 67.7. The fourth-order valence-electron chi connectivity index (χ4n) is 5.94. The van der Waals surface area contributed by atoms with Crippen molar-refractivity contribution in [2.75, 3.05) is 24.9 Å². The second-order valence-electron chi connectivity index (χ2n) is 10.4. The predicted molar refractivity (Wildman–Crippen MR) is 140 cm³/mol. The number of esters is 2. The zero-order valence-electron chi connectivity index (χ0n) is 23.3. The molecule has 1 aromatic carbocycles. The van der Waals surface area contributed by atoms with E-state index in [2.05, 4.69) is 10.2 Å². The molecule has 3 aliphatic heterocycles. The summed E-state index contributed by atoms with van der Waals surface area (Å²) in [5.74, 6) is -6.03. The van der Waals surface area contributed by atoms with Crippen LogP contribution in [0, 0.1) is 24.0 Å². The van der Waals surface area contributed by atoms with Gasteiger partial charge in [-0.05, 0) is 32.4 Å². The molecule has 2 saturated heterocycles. The minimum absolute atomic E-state index is 0.0280. The summed E-state index contributed by atoms with van der Waals surface area (Å²) in [5.41, 5.74) is -2.41. The number of carbonyl (C=O) groups is 5. The van der Waals surface area contributed by atoms with Crippen molar-refractivity contribution in [3.63, 3.8) is 0 Å². The van der Waals surface area contributed by atoms with Crippen molar-refractivity contribution in [1.29, 1.82) is 0 Å². The third-order valence-electron chi connectivity index (χ3n) is 7.47. The number of urea groups is 1. The third kappa shape index (κ3) is 4.58. The molecule has 2 fully saturated rings. The number of halogens is 2. The van der Waals surface area contributed by atoms with E-state index in [0.717, 1.165) is 25.2 Å². The number of barbiturate groups is 1. The van der Waals surface area contributed by atoms with Crippen LogP contribution in [0.15, 0.2) is 6.07 Å². The molecule has 0 N–H and O–H groups in total. The lowest BCUT2D eigenvalue weighted by atomic mass is 9.65. The number of rotatable bonds is 5. The second kappa shape index (κ2) is 10.7. The number of aromatic nitrogens is 2. The van der Waals surface area contributed by atoms with Crippen LogP contribution >= 0.6 is 11.3 Å². The van der Waals surface area contributed by atoms with E-state index in [1.165, 1.54) is 11.0 Å². The summed E-state index contributed by atoms with van der Waals surface area (Å²) in [6.07, 6.45) is -1.90. The molecule has 224 valence electrons. The SMILES string of the molecule is CC(=O)OCN1C(=O)N(COC(C)=O)C(=O)C2(Cc3cc(-c4nnc(C)s4)c(F)c(F)c3N3C[C@@H](C)O[C@@H](C)[C@@H]32)C1=O. The van der Waals surface area contributed by atoms with E-state index in [1.54, 1.807) is 20.8 Å². The normalized spacial score (nSPS) is 23.2. The molecule has 1 aromatic heterocycles. The fourth-order valence-corrected chi connectivity index (χ4v) is 6.64. The van der Waals surface area contributed by atoms with E-state index in [9.17, 15) is 24.0 Å². The van der Waals surface area contributed by atoms with Crippen molar-refractivity contribution in [3.05, 3.63) is 28.3 Å². The molecule has 0 aliphatic carbocycles. The molecule has 0 bridgehead atoms. The Hall–Kier alpha value is -4.05. The van der Waals surface area contributed by atoms with Crippen molar-refractivity contribution in [2.45, 2.75) is 59.3 Å². The lowest BCUT2D eigenvalue weighted by Gasteiger charge is -2.57. The number of morpholine rings is 1. The quantitative estimate of drug-likeness (QED) is 0.364. The highest BCUT2D eigenvalue weighted by Crippen LogP contribution is 2.51. The Morgan fingerprint density at radius 1 is 1.05 bits per heavy atom. The summed E-state index contributed by atoms with van der Waals surface area (Å²) in [7, 11) is 0. The lowest BCUT2D eigenvalue weighted by molar-refractivity contribution is -0.176. The number of hydrogen-bond donors (Lipinski definition) is 0. The van der Waals surface area contributed by atoms with Gasteiger partial charge in [0.25, 0.3) is 11.8 Å². The number of imide groups is 2. The Bertz CT molecular complexity index is 1480. The molecular formula is C26H27F2N5O8S. The summed E-state index contributed by atoms with van der Waals surface area (Å²) < 4.78 is 47.5. The Kier molecular flexibility index (Phi) is 7.47. The first kappa shape index (κ1) is 29.4. The van der Waals surface area contributed by atoms with E-state index in [0.29, 0.717) is 14.8 Å². The monoisotopic (exact) mass is 607 g/mol. The van der Waals surface area contributed by atoms with Crippen LogP contribution in [-0.4, -0.2) is 88.0 Å². The largest absolute Gasteiger partial charge is 0.444 e. The summed E-state index contributed by atoms with van der Waals surface area (Å²) in [6, 6.07) is -1.08. The molecule has 4 amide bonds. The highest BCUT2D eigenvalue weighted by molar-refractivity contribution is 7.14. The number of fused-ring (bicyclic) bond motifs is 4. The molecule has 42 heavy (non-hydrogen) atoms. The Balaban J connectivity index is 1.74. The number of carbonyl (C=O) groups excluding carboxylic acids is 5. The molecule has 5 rings (SSSR count). The Labute approximate surface area is 242 Å². The summed E-state index contributed by atoms with van der Waals surface area (Å²) >= 11 is 1.03. The molecular weight excluding hydrogens is 580 g/mol. The van der Waals surface area contributed by atoms with Crippen LogP contribution in [0.4, 0.5) is 19.3 Å². The first-order valence-corrected chi connectivity index (χ1v) is 13.8. The van der Waals surface area contributed by atoms with E-state index < -0.39 is 85.0 Å². The van der Waals surface area contributed by atoms with Gasteiger partial charge < -0.3 is 19.1 Å². The van der Waals surface area contributed by atoms with Gasteiger partial charge in [-0.1, -0.05) is 11.3 Å². The average molecular weight is 608 g/mol. The van der Waals surface area contributed by atoms with Gasteiger partial charge in [-0.25, -0.2) is 23.4 Å². The number of amides is 4. The molecule has 4 heterocycles. The smallest absolute Gasteiger partial charge is 0.339 e. The minimum Gasteiger partial charge on any atom is -0.444 e. The van der Waals surface area contributed by atoms with Gasteiger partial charge in [-0.2, -0.15) is 0 Å². The first-order chi connectivity index (χ1) is 19.8. The topological polar surface area (TPSA) is 149 Å². The average Bonchev–Trinajstić information content (AvgIpc) is 3.34. The predicted octanol–water partition coefficient (Wildman–Crippen LogP) is 2.15. The summed E-state index contributed by atoms with van der Waals surface area (Å²) in [6.45, 7) is 5.37. The highest BCUT2D eigenvalue weighted by Gasteiger charge is 2.67. The third-order valence-corrected chi connectivity index (χ3v) is 8.34.